The van der Waals surface area contributed by atoms with E-state index in [2.05, 4.69) is 23.6 Å². The Morgan fingerprint density at radius 3 is 2.82 bits per heavy atom. The summed E-state index contributed by atoms with van der Waals surface area (Å²) in [5.74, 6) is 0. The smallest absolute Gasteiger partial charge is 0.170 e. The second-order valence-corrected chi connectivity index (χ2v) is 4.19. The van der Waals surface area contributed by atoms with Crippen LogP contribution in [0.5, 0.6) is 0 Å². The zero-order chi connectivity index (χ0) is 12.5. The Kier molecular flexibility index (Phi) is 6.58. The predicted molar refractivity (Wildman–Crippen MR) is 76.5 cm³/mol. The maximum absolute atomic E-state index is 5.22. The number of hydrogen-bond donors (Lipinski definition) is 2. The quantitative estimate of drug-likeness (QED) is 0.762. The highest BCUT2D eigenvalue weighted by Gasteiger charge is 2.02. The first-order chi connectivity index (χ1) is 8.27. The van der Waals surface area contributed by atoms with Crippen LogP contribution in [0.4, 0.5) is 5.69 Å². The first kappa shape index (κ1) is 13.9. The lowest BCUT2D eigenvalue weighted by Gasteiger charge is -2.13. The molecule has 94 valence electrons. The summed E-state index contributed by atoms with van der Waals surface area (Å²) >= 11 is 5.22. The van der Waals surface area contributed by atoms with Crippen LogP contribution in [-0.2, 0) is 11.2 Å². The van der Waals surface area contributed by atoms with Crippen LogP contribution in [0, 0.1) is 0 Å². The molecular formula is C13H20N2OS. The van der Waals surface area contributed by atoms with E-state index in [4.69, 9.17) is 17.0 Å². The lowest BCUT2D eigenvalue weighted by molar-refractivity contribution is 0.202. The Bertz CT molecular complexity index is 355. The van der Waals surface area contributed by atoms with Gasteiger partial charge in [-0.15, -0.1) is 0 Å². The van der Waals surface area contributed by atoms with Gasteiger partial charge in [0.05, 0.1) is 6.61 Å². The first-order valence-electron chi connectivity index (χ1n) is 5.89. The molecule has 0 heterocycles. The van der Waals surface area contributed by atoms with E-state index in [-0.39, 0.29) is 0 Å². The maximum atomic E-state index is 5.22. The van der Waals surface area contributed by atoms with Gasteiger partial charge < -0.3 is 15.4 Å². The van der Waals surface area contributed by atoms with Crippen LogP contribution in [0.1, 0.15) is 18.9 Å². The van der Waals surface area contributed by atoms with E-state index in [0.717, 1.165) is 25.1 Å². The molecule has 2 N–H and O–H groups in total. The van der Waals surface area contributed by atoms with Crippen molar-refractivity contribution in [3.05, 3.63) is 29.8 Å². The molecule has 0 saturated heterocycles. The van der Waals surface area contributed by atoms with E-state index in [1.165, 1.54) is 5.56 Å². The minimum Gasteiger partial charge on any atom is -0.384 e. The zero-order valence-electron chi connectivity index (χ0n) is 10.5. The van der Waals surface area contributed by atoms with Crippen molar-refractivity contribution in [1.29, 1.82) is 0 Å². The fourth-order valence-electron chi connectivity index (χ4n) is 1.48. The van der Waals surface area contributed by atoms with Gasteiger partial charge in [0.25, 0.3) is 0 Å². The molecule has 0 aliphatic rings. The number of hydrogen-bond acceptors (Lipinski definition) is 2. The van der Waals surface area contributed by atoms with Crippen molar-refractivity contribution < 1.29 is 4.74 Å². The van der Waals surface area contributed by atoms with Gasteiger partial charge in [-0.25, -0.2) is 0 Å². The molecule has 17 heavy (non-hydrogen) atoms. The van der Waals surface area contributed by atoms with Crippen molar-refractivity contribution in [2.45, 2.75) is 19.8 Å². The summed E-state index contributed by atoms with van der Waals surface area (Å²) in [6.45, 7) is 3.72. The second kappa shape index (κ2) is 8.03. The van der Waals surface area contributed by atoms with Crippen LogP contribution in [0.25, 0.3) is 0 Å². The molecule has 0 saturated carbocycles. The van der Waals surface area contributed by atoms with Gasteiger partial charge in [-0.05, 0) is 36.7 Å². The molecule has 0 amide bonds. The molecule has 0 radical (unpaired) electrons. The van der Waals surface area contributed by atoms with Crippen molar-refractivity contribution in [3.8, 4) is 0 Å². The Balaban J connectivity index is 2.59. The molecule has 1 aromatic carbocycles. The van der Waals surface area contributed by atoms with Crippen LogP contribution in [-0.4, -0.2) is 25.4 Å². The highest BCUT2D eigenvalue weighted by molar-refractivity contribution is 7.80. The normalized spacial score (nSPS) is 10.0. The maximum Gasteiger partial charge on any atom is 0.170 e. The molecule has 0 aliphatic carbocycles. The number of nitrogens with one attached hydrogen (secondary N) is 2. The number of thiocarbonyl (C=S) groups is 1. The molecule has 1 rings (SSSR count). The third-order valence-corrected chi connectivity index (χ3v) is 2.62. The molecule has 0 fully saturated rings. The molecule has 0 aromatic heterocycles. The lowest BCUT2D eigenvalue weighted by Crippen LogP contribution is -2.29. The van der Waals surface area contributed by atoms with E-state index in [9.17, 15) is 0 Å². The molecule has 0 aliphatic heterocycles. The van der Waals surface area contributed by atoms with E-state index < -0.39 is 0 Å². The fourth-order valence-corrected chi connectivity index (χ4v) is 1.69. The van der Waals surface area contributed by atoms with Crippen LogP contribution in [0.3, 0.4) is 0 Å². The molecule has 0 spiro atoms. The van der Waals surface area contributed by atoms with Gasteiger partial charge in [0.2, 0.25) is 0 Å². The minimum absolute atomic E-state index is 0.678. The van der Waals surface area contributed by atoms with Crippen molar-refractivity contribution in [3.63, 3.8) is 0 Å². The van der Waals surface area contributed by atoms with Gasteiger partial charge in [-0.2, -0.15) is 0 Å². The van der Waals surface area contributed by atoms with Crippen molar-refractivity contribution in [1.82, 2.24) is 5.32 Å². The van der Waals surface area contributed by atoms with Crippen molar-refractivity contribution in [2.24, 2.45) is 0 Å². The third-order valence-electron chi connectivity index (χ3n) is 2.38. The molecule has 1 aromatic rings. The Morgan fingerprint density at radius 2 is 2.12 bits per heavy atom. The summed E-state index contributed by atoms with van der Waals surface area (Å²) in [5.41, 5.74) is 2.27. The first-order valence-corrected chi connectivity index (χ1v) is 6.30. The SMILES string of the molecule is CCCNC(=S)Nc1ccccc1CCOC. The van der Waals surface area contributed by atoms with Gasteiger partial charge in [0, 0.05) is 19.3 Å². The molecule has 0 unspecified atom stereocenters. The van der Waals surface area contributed by atoms with Crippen LogP contribution >= 0.6 is 12.2 Å². The topological polar surface area (TPSA) is 33.3 Å². The Labute approximate surface area is 109 Å². The highest BCUT2D eigenvalue weighted by Crippen LogP contribution is 2.15. The van der Waals surface area contributed by atoms with Gasteiger partial charge >= 0.3 is 0 Å². The predicted octanol–water partition coefficient (Wildman–Crippen LogP) is 2.57. The lowest BCUT2D eigenvalue weighted by atomic mass is 10.1. The Hall–Kier alpha value is -1.13. The molecule has 3 nitrogen and oxygen atoms in total. The summed E-state index contributed by atoms with van der Waals surface area (Å²) in [5, 5.41) is 7.05. The fraction of sp³-hybridized carbons (Fsp3) is 0.462. The largest absolute Gasteiger partial charge is 0.384 e. The standard InChI is InChI=1S/C13H20N2OS/c1-3-9-14-13(17)15-12-7-5-4-6-11(12)8-10-16-2/h4-7H,3,8-10H2,1-2H3,(H2,14,15,17). The van der Waals surface area contributed by atoms with Crippen molar-refractivity contribution >= 4 is 23.0 Å². The summed E-state index contributed by atoms with van der Waals surface area (Å²) in [7, 11) is 1.71. The number of benzene rings is 1. The summed E-state index contributed by atoms with van der Waals surface area (Å²) in [6, 6.07) is 8.15. The zero-order valence-corrected chi connectivity index (χ0v) is 11.3. The number of ether oxygens (including phenoxy) is 1. The van der Waals surface area contributed by atoms with Crippen LogP contribution in [0.15, 0.2) is 24.3 Å². The number of anilines is 1. The van der Waals surface area contributed by atoms with Gasteiger partial charge in [-0.1, -0.05) is 25.1 Å². The second-order valence-electron chi connectivity index (χ2n) is 3.78. The Morgan fingerprint density at radius 1 is 1.35 bits per heavy atom. The van der Waals surface area contributed by atoms with Gasteiger partial charge in [0.15, 0.2) is 5.11 Å². The average Bonchev–Trinajstić information content (AvgIpc) is 2.35. The van der Waals surface area contributed by atoms with E-state index >= 15 is 0 Å². The van der Waals surface area contributed by atoms with Crippen LogP contribution < -0.4 is 10.6 Å². The summed E-state index contributed by atoms with van der Waals surface area (Å²) < 4.78 is 5.09. The third kappa shape index (κ3) is 5.15. The number of methoxy groups -OCH3 is 1. The number of rotatable bonds is 6. The summed E-state index contributed by atoms with van der Waals surface area (Å²) in [4.78, 5) is 0. The van der Waals surface area contributed by atoms with E-state index in [1.54, 1.807) is 7.11 Å². The molecule has 4 heteroatoms. The van der Waals surface area contributed by atoms with Crippen molar-refractivity contribution in [2.75, 3.05) is 25.6 Å². The summed E-state index contributed by atoms with van der Waals surface area (Å²) in [6.07, 6.45) is 1.95. The molecule has 0 atom stereocenters. The highest BCUT2D eigenvalue weighted by atomic mass is 32.1. The monoisotopic (exact) mass is 252 g/mol. The molecular weight excluding hydrogens is 232 g/mol. The van der Waals surface area contributed by atoms with Gasteiger partial charge in [-0.3, -0.25) is 0 Å². The average molecular weight is 252 g/mol. The molecule has 0 bridgehead atoms. The van der Waals surface area contributed by atoms with E-state index in [0.29, 0.717) is 11.7 Å². The number of para-hydroxylation sites is 1. The minimum atomic E-state index is 0.678. The van der Waals surface area contributed by atoms with E-state index in [1.807, 2.05) is 18.2 Å². The van der Waals surface area contributed by atoms with Gasteiger partial charge in [0.1, 0.15) is 0 Å². The van der Waals surface area contributed by atoms with Crippen LogP contribution in [0.2, 0.25) is 0 Å².